The second kappa shape index (κ2) is 8.67. The molecule has 3 rings (SSSR count). The van der Waals surface area contributed by atoms with Crippen molar-refractivity contribution in [2.75, 3.05) is 0 Å². The highest BCUT2D eigenvalue weighted by Crippen LogP contribution is 2.46. The molecule has 0 radical (unpaired) electrons. The van der Waals surface area contributed by atoms with Gasteiger partial charge in [0.2, 0.25) is 0 Å². The smallest absolute Gasteiger partial charge is 0.129 e. The standard InChI is InChI=1S/C22H38F2O/c1-14(2)25-22-20(23)12-19(13-21(22)24)18-10-8-17(9-11-18)16-6-4-15(3)5-7-16/h14-22H,4-13H2,1-3H3. The molecule has 3 saturated carbocycles. The number of rotatable bonds is 4. The van der Waals surface area contributed by atoms with E-state index in [1.807, 2.05) is 13.8 Å². The van der Waals surface area contributed by atoms with Gasteiger partial charge in [0, 0.05) is 0 Å². The fraction of sp³-hybridized carbons (Fsp3) is 1.00. The van der Waals surface area contributed by atoms with Gasteiger partial charge < -0.3 is 4.74 Å². The SMILES string of the molecule is CC1CCC(C2CCC(C3CC(F)C(OC(C)C)C(F)C3)CC2)CC1. The van der Waals surface area contributed by atoms with E-state index in [0.717, 1.165) is 17.8 Å². The summed E-state index contributed by atoms with van der Waals surface area (Å²) in [5, 5.41) is 0. The van der Waals surface area contributed by atoms with Crippen LogP contribution in [0.4, 0.5) is 8.78 Å². The first kappa shape index (κ1) is 19.6. The Labute approximate surface area is 153 Å². The molecule has 0 N–H and O–H groups in total. The predicted molar refractivity (Wildman–Crippen MR) is 99.1 cm³/mol. The summed E-state index contributed by atoms with van der Waals surface area (Å²) in [6, 6.07) is 0. The van der Waals surface area contributed by atoms with E-state index in [1.54, 1.807) is 0 Å². The van der Waals surface area contributed by atoms with E-state index in [-0.39, 0.29) is 12.0 Å². The summed E-state index contributed by atoms with van der Waals surface area (Å²) in [5.74, 6) is 3.49. The largest absolute Gasteiger partial charge is 0.369 e. The number of halogens is 2. The minimum atomic E-state index is -1.13. The molecule has 3 heteroatoms. The van der Waals surface area contributed by atoms with Crippen LogP contribution >= 0.6 is 0 Å². The Morgan fingerprint density at radius 1 is 0.680 bits per heavy atom. The Bertz CT molecular complexity index is 385. The molecule has 0 aromatic rings. The average Bonchev–Trinajstić information content (AvgIpc) is 2.59. The molecule has 3 fully saturated rings. The molecule has 0 aromatic carbocycles. The molecule has 0 bridgehead atoms. The molecule has 146 valence electrons. The van der Waals surface area contributed by atoms with Crippen molar-refractivity contribution in [2.24, 2.45) is 29.6 Å². The van der Waals surface area contributed by atoms with Gasteiger partial charge in [-0.15, -0.1) is 0 Å². The Balaban J connectivity index is 1.47. The van der Waals surface area contributed by atoms with Gasteiger partial charge in [-0.3, -0.25) is 0 Å². The van der Waals surface area contributed by atoms with Crippen LogP contribution in [0, 0.1) is 29.6 Å². The minimum Gasteiger partial charge on any atom is -0.369 e. The van der Waals surface area contributed by atoms with E-state index >= 15 is 0 Å². The monoisotopic (exact) mass is 356 g/mol. The van der Waals surface area contributed by atoms with Gasteiger partial charge in [0.15, 0.2) is 0 Å². The van der Waals surface area contributed by atoms with Gasteiger partial charge in [-0.1, -0.05) is 19.8 Å². The molecule has 0 heterocycles. The van der Waals surface area contributed by atoms with Crippen LogP contribution in [0.25, 0.3) is 0 Å². The zero-order chi connectivity index (χ0) is 18.0. The minimum absolute atomic E-state index is 0.105. The van der Waals surface area contributed by atoms with Crippen molar-refractivity contribution in [2.45, 2.75) is 110 Å². The van der Waals surface area contributed by atoms with E-state index in [2.05, 4.69) is 6.92 Å². The molecule has 0 amide bonds. The van der Waals surface area contributed by atoms with Gasteiger partial charge in [-0.2, -0.15) is 0 Å². The molecule has 3 aliphatic rings. The third-order valence-electron chi connectivity index (χ3n) is 7.41. The molecule has 1 nitrogen and oxygen atoms in total. The van der Waals surface area contributed by atoms with Crippen LogP contribution in [0.5, 0.6) is 0 Å². The summed E-state index contributed by atoms with van der Waals surface area (Å²) in [5.41, 5.74) is 0. The van der Waals surface area contributed by atoms with Crippen molar-refractivity contribution in [3.63, 3.8) is 0 Å². The normalized spacial score (nSPS) is 46.3. The molecule has 3 aliphatic carbocycles. The van der Waals surface area contributed by atoms with Crippen LogP contribution < -0.4 is 0 Å². The first-order valence-corrected chi connectivity index (χ1v) is 10.9. The Morgan fingerprint density at radius 2 is 1.08 bits per heavy atom. The fourth-order valence-electron chi connectivity index (χ4n) is 5.88. The molecule has 0 aromatic heterocycles. The van der Waals surface area contributed by atoms with Crippen LogP contribution in [-0.4, -0.2) is 24.6 Å². The summed E-state index contributed by atoms with van der Waals surface area (Å²) >= 11 is 0. The Morgan fingerprint density at radius 3 is 1.52 bits per heavy atom. The molecule has 2 unspecified atom stereocenters. The van der Waals surface area contributed by atoms with Crippen LogP contribution in [0.2, 0.25) is 0 Å². The van der Waals surface area contributed by atoms with Crippen molar-refractivity contribution in [3.05, 3.63) is 0 Å². The van der Waals surface area contributed by atoms with Crippen LogP contribution in [0.1, 0.15) is 85.0 Å². The van der Waals surface area contributed by atoms with E-state index in [4.69, 9.17) is 4.74 Å². The maximum Gasteiger partial charge on any atom is 0.129 e. The molecule has 0 aliphatic heterocycles. The Kier molecular flexibility index (Phi) is 6.79. The fourth-order valence-corrected chi connectivity index (χ4v) is 5.88. The lowest BCUT2D eigenvalue weighted by Crippen LogP contribution is -2.45. The molecule has 0 saturated heterocycles. The zero-order valence-electron chi connectivity index (χ0n) is 16.4. The lowest BCUT2D eigenvalue weighted by molar-refractivity contribution is -0.111. The molecule has 0 spiro atoms. The van der Waals surface area contributed by atoms with Crippen molar-refractivity contribution in [3.8, 4) is 0 Å². The predicted octanol–water partition coefficient (Wildman–Crippen LogP) is 6.50. The van der Waals surface area contributed by atoms with Gasteiger partial charge in [0.25, 0.3) is 0 Å². The van der Waals surface area contributed by atoms with Gasteiger partial charge >= 0.3 is 0 Å². The number of hydrogen-bond donors (Lipinski definition) is 0. The summed E-state index contributed by atoms with van der Waals surface area (Å²) in [4.78, 5) is 0. The van der Waals surface area contributed by atoms with E-state index in [1.165, 1.54) is 51.4 Å². The van der Waals surface area contributed by atoms with Gasteiger partial charge in [0.05, 0.1) is 6.10 Å². The first-order valence-electron chi connectivity index (χ1n) is 10.9. The second-order valence-corrected chi connectivity index (χ2v) is 9.61. The lowest BCUT2D eigenvalue weighted by atomic mass is 9.65. The summed E-state index contributed by atoms with van der Waals surface area (Å²) in [6.07, 6.45) is 8.40. The van der Waals surface area contributed by atoms with Gasteiger partial charge in [0.1, 0.15) is 18.4 Å². The number of alkyl halides is 2. The zero-order valence-corrected chi connectivity index (χ0v) is 16.4. The maximum absolute atomic E-state index is 14.5. The van der Waals surface area contributed by atoms with Crippen LogP contribution in [0.15, 0.2) is 0 Å². The highest BCUT2D eigenvalue weighted by Gasteiger charge is 2.43. The average molecular weight is 357 g/mol. The summed E-state index contributed by atoms with van der Waals surface area (Å²) < 4.78 is 34.5. The first-order chi connectivity index (χ1) is 11.9. The highest BCUT2D eigenvalue weighted by molar-refractivity contribution is 4.92. The third kappa shape index (κ3) is 4.96. The molecule has 2 atom stereocenters. The highest BCUT2D eigenvalue weighted by atomic mass is 19.1. The van der Waals surface area contributed by atoms with E-state index in [0.29, 0.717) is 18.8 Å². The lowest BCUT2D eigenvalue weighted by Gasteiger charge is -2.43. The topological polar surface area (TPSA) is 9.23 Å². The van der Waals surface area contributed by atoms with Gasteiger partial charge in [-0.25, -0.2) is 8.78 Å². The Hall–Kier alpha value is -0.180. The van der Waals surface area contributed by atoms with Crippen LogP contribution in [0.3, 0.4) is 0 Å². The number of ether oxygens (including phenoxy) is 1. The van der Waals surface area contributed by atoms with Crippen molar-refractivity contribution >= 4 is 0 Å². The van der Waals surface area contributed by atoms with E-state index < -0.39 is 18.4 Å². The second-order valence-electron chi connectivity index (χ2n) is 9.61. The van der Waals surface area contributed by atoms with Crippen LogP contribution in [-0.2, 0) is 4.74 Å². The summed E-state index contributed by atoms with van der Waals surface area (Å²) in [6.45, 7) is 6.10. The molecular formula is C22H38F2O. The van der Waals surface area contributed by atoms with Crippen molar-refractivity contribution in [1.82, 2.24) is 0 Å². The van der Waals surface area contributed by atoms with Gasteiger partial charge in [-0.05, 0) is 94.8 Å². The molecule has 25 heavy (non-hydrogen) atoms. The number of hydrogen-bond acceptors (Lipinski definition) is 1. The summed E-state index contributed by atoms with van der Waals surface area (Å²) in [7, 11) is 0. The maximum atomic E-state index is 14.5. The van der Waals surface area contributed by atoms with E-state index in [9.17, 15) is 8.78 Å². The van der Waals surface area contributed by atoms with Crippen molar-refractivity contribution < 1.29 is 13.5 Å². The third-order valence-corrected chi connectivity index (χ3v) is 7.41. The van der Waals surface area contributed by atoms with Crippen molar-refractivity contribution in [1.29, 1.82) is 0 Å². The quantitative estimate of drug-likeness (QED) is 0.559. The molecular weight excluding hydrogens is 318 g/mol.